The highest BCUT2D eigenvalue weighted by Crippen LogP contribution is 2.55. The van der Waals surface area contributed by atoms with Gasteiger partial charge in [0, 0.05) is 31.1 Å². The number of carbonyl (C=O) groups excluding carboxylic acids is 1. The van der Waals surface area contributed by atoms with Gasteiger partial charge in [-0.15, -0.1) is 10.2 Å². The Labute approximate surface area is 183 Å². The number of likely N-dealkylation sites (tertiary alicyclic amines) is 1. The molecule has 1 saturated carbocycles. The van der Waals surface area contributed by atoms with Crippen LogP contribution >= 0.6 is 0 Å². The zero-order valence-corrected chi connectivity index (χ0v) is 18.0. The van der Waals surface area contributed by atoms with Crippen molar-refractivity contribution in [2.45, 2.75) is 51.6 Å². The first-order valence-corrected chi connectivity index (χ1v) is 10.6. The summed E-state index contributed by atoms with van der Waals surface area (Å²) >= 11 is 0. The molecule has 3 heterocycles. The number of carbonyl (C=O) groups is 1. The quantitative estimate of drug-likeness (QED) is 0.624. The molecular formula is C23H23F2N5O2. The molecule has 1 aliphatic heterocycles. The lowest BCUT2D eigenvalue weighted by atomic mass is 9.64. The minimum atomic E-state index is -0.676. The third kappa shape index (κ3) is 3.23. The van der Waals surface area contributed by atoms with E-state index in [4.69, 9.17) is 4.42 Å². The number of hydrogen-bond donors (Lipinski definition) is 1. The summed E-state index contributed by atoms with van der Waals surface area (Å²) in [6.45, 7) is 5.58. The predicted molar refractivity (Wildman–Crippen MR) is 113 cm³/mol. The van der Waals surface area contributed by atoms with Crippen molar-refractivity contribution in [2.24, 2.45) is 5.92 Å². The van der Waals surface area contributed by atoms with Crippen molar-refractivity contribution in [3.63, 3.8) is 0 Å². The van der Waals surface area contributed by atoms with Crippen molar-refractivity contribution in [1.29, 1.82) is 0 Å². The number of pyridine rings is 1. The second-order valence-corrected chi connectivity index (χ2v) is 8.90. The lowest BCUT2D eigenvalue weighted by Crippen LogP contribution is -2.70. The van der Waals surface area contributed by atoms with Crippen LogP contribution in [-0.4, -0.2) is 32.2 Å². The smallest absolute Gasteiger partial charge is 0.323 e. The van der Waals surface area contributed by atoms with Crippen LogP contribution in [0.3, 0.4) is 0 Å². The number of anilines is 1. The standard InChI is InChI=1S/C23H23F2N5O2/c1-12-4-17-9-23(8-12,21-29-28-14(3)32-21)30(17)22(31)27-20-7-18(13(2)5-19(20)25)15-6-16(24)11-26-10-15/h5-7,10-12,17H,4,8-9H2,1-3H3,(H,27,31)/t12-,17-,23+/m0/s1. The van der Waals surface area contributed by atoms with Gasteiger partial charge < -0.3 is 14.6 Å². The number of rotatable bonds is 3. The summed E-state index contributed by atoms with van der Waals surface area (Å²) in [5, 5.41) is 10.8. The van der Waals surface area contributed by atoms with Crippen LogP contribution in [0.25, 0.3) is 11.1 Å². The van der Waals surface area contributed by atoms with Crippen LogP contribution in [-0.2, 0) is 5.54 Å². The number of aryl methyl sites for hydroxylation is 2. The molecule has 2 amide bonds. The second-order valence-electron chi connectivity index (χ2n) is 8.90. The molecule has 2 bridgehead atoms. The molecule has 166 valence electrons. The van der Waals surface area contributed by atoms with Crippen LogP contribution in [0.15, 0.2) is 35.0 Å². The van der Waals surface area contributed by atoms with E-state index in [0.29, 0.717) is 40.8 Å². The number of fused-ring (bicyclic) bond motifs is 2. The molecule has 1 aliphatic carbocycles. The summed E-state index contributed by atoms with van der Waals surface area (Å²) < 4.78 is 34.2. The van der Waals surface area contributed by atoms with Gasteiger partial charge in [-0.1, -0.05) is 6.92 Å². The highest BCUT2D eigenvalue weighted by molar-refractivity contribution is 5.92. The molecule has 2 aliphatic rings. The maximum absolute atomic E-state index is 14.8. The summed E-state index contributed by atoms with van der Waals surface area (Å²) in [5.41, 5.74) is 1.05. The summed E-state index contributed by atoms with van der Waals surface area (Å²) in [4.78, 5) is 18.9. The molecule has 5 rings (SSSR count). The Morgan fingerprint density at radius 1 is 1.19 bits per heavy atom. The van der Waals surface area contributed by atoms with Gasteiger partial charge in [-0.05, 0) is 55.0 Å². The number of amides is 2. The van der Waals surface area contributed by atoms with E-state index in [-0.39, 0.29) is 11.7 Å². The van der Waals surface area contributed by atoms with Crippen molar-refractivity contribution in [1.82, 2.24) is 20.1 Å². The fourth-order valence-corrected chi connectivity index (χ4v) is 5.25. The molecule has 0 unspecified atom stereocenters. The van der Waals surface area contributed by atoms with Gasteiger partial charge in [0.15, 0.2) is 0 Å². The van der Waals surface area contributed by atoms with Crippen LogP contribution in [0.2, 0.25) is 0 Å². The van der Waals surface area contributed by atoms with Gasteiger partial charge in [0.1, 0.15) is 17.2 Å². The molecule has 1 aromatic carbocycles. The lowest BCUT2D eigenvalue weighted by Gasteiger charge is -2.61. The Hall–Kier alpha value is -3.36. The first-order chi connectivity index (χ1) is 15.3. The first kappa shape index (κ1) is 20.5. The average Bonchev–Trinajstić information content (AvgIpc) is 3.16. The van der Waals surface area contributed by atoms with Crippen molar-refractivity contribution in [2.75, 3.05) is 5.32 Å². The average molecular weight is 439 g/mol. The Morgan fingerprint density at radius 2 is 2.00 bits per heavy atom. The SMILES string of the molecule is Cc1nnc([C@@]23C[C@@H](C)C[C@@H](C2)N3C(=O)Nc2cc(-c3cncc(F)c3)c(C)cc2F)o1. The Kier molecular flexibility index (Phi) is 4.72. The van der Waals surface area contributed by atoms with E-state index in [1.807, 2.05) is 0 Å². The van der Waals surface area contributed by atoms with E-state index in [1.54, 1.807) is 18.7 Å². The monoisotopic (exact) mass is 439 g/mol. The van der Waals surface area contributed by atoms with Gasteiger partial charge in [-0.3, -0.25) is 4.98 Å². The van der Waals surface area contributed by atoms with Crippen molar-refractivity contribution in [3.05, 3.63) is 59.6 Å². The summed E-state index contributed by atoms with van der Waals surface area (Å²) in [5.74, 6) is 0.202. The molecule has 7 nitrogen and oxygen atoms in total. The Morgan fingerprint density at radius 3 is 2.72 bits per heavy atom. The fourth-order valence-electron chi connectivity index (χ4n) is 5.25. The maximum atomic E-state index is 14.8. The normalized spacial score (nSPS) is 24.2. The number of piperidine rings is 1. The number of benzene rings is 1. The summed E-state index contributed by atoms with van der Waals surface area (Å²) in [6, 6.07) is 3.76. The van der Waals surface area contributed by atoms with Crippen LogP contribution in [0.5, 0.6) is 0 Å². The molecule has 32 heavy (non-hydrogen) atoms. The van der Waals surface area contributed by atoms with Gasteiger partial charge in [0.2, 0.25) is 11.8 Å². The van der Waals surface area contributed by atoms with E-state index >= 15 is 0 Å². The van der Waals surface area contributed by atoms with E-state index in [9.17, 15) is 13.6 Å². The molecule has 0 radical (unpaired) electrons. The zero-order valence-electron chi connectivity index (χ0n) is 18.0. The Balaban J connectivity index is 1.47. The highest BCUT2D eigenvalue weighted by atomic mass is 19.1. The van der Waals surface area contributed by atoms with Crippen LogP contribution in [0.4, 0.5) is 19.3 Å². The van der Waals surface area contributed by atoms with E-state index in [1.165, 1.54) is 24.4 Å². The molecule has 2 fully saturated rings. The topological polar surface area (TPSA) is 84.2 Å². The van der Waals surface area contributed by atoms with Crippen molar-refractivity contribution < 1.29 is 18.0 Å². The number of halogens is 2. The van der Waals surface area contributed by atoms with E-state index in [2.05, 4.69) is 27.4 Å². The molecule has 3 atom stereocenters. The third-order valence-corrected chi connectivity index (χ3v) is 6.47. The van der Waals surface area contributed by atoms with Crippen LogP contribution in [0, 0.1) is 31.4 Å². The molecule has 0 spiro atoms. The molecule has 1 N–H and O–H groups in total. The summed E-state index contributed by atoms with van der Waals surface area (Å²) in [6.07, 6.45) is 4.91. The van der Waals surface area contributed by atoms with Crippen LogP contribution < -0.4 is 5.32 Å². The zero-order chi connectivity index (χ0) is 22.6. The van der Waals surface area contributed by atoms with Crippen LogP contribution in [0.1, 0.15) is 43.5 Å². The maximum Gasteiger partial charge on any atom is 0.323 e. The van der Waals surface area contributed by atoms with Gasteiger partial charge in [0.05, 0.1) is 11.9 Å². The molecule has 1 saturated heterocycles. The number of aromatic nitrogens is 3. The molecule has 3 aromatic rings. The van der Waals surface area contributed by atoms with E-state index in [0.717, 1.165) is 19.0 Å². The lowest BCUT2D eigenvalue weighted by molar-refractivity contribution is -0.110. The number of nitrogens with zero attached hydrogens (tertiary/aromatic N) is 4. The molecule has 9 heteroatoms. The molecular weight excluding hydrogens is 416 g/mol. The molecule has 2 aromatic heterocycles. The second kappa shape index (κ2) is 7.36. The van der Waals surface area contributed by atoms with Crippen molar-refractivity contribution >= 4 is 11.7 Å². The number of urea groups is 1. The third-order valence-electron chi connectivity index (χ3n) is 6.47. The van der Waals surface area contributed by atoms with Gasteiger partial charge in [-0.2, -0.15) is 0 Å². The summed E-state index contributed by atoms with van der Waals surface area (Å²) in [7, 11) is 0. The minimum absolute atomic E-state index is 0.0198. The van der Waals surface area contributed by atoms with Gasteiger partial charge in [-0.25, -0.2) is 13.6 Å². The van der Waals surface area contributed by atoms with Gasteiger partial charge >= 0.3 is 6.03 Å². The van der Waals surface area contributed by atoms with Crippen molar-refractivity contribution in [3.8, 4) is 11.1 Å². The highest BCUT2D eigenvalue weighted by Gasteiger charge is 2.62. The van der Waals surface area contributed by atoms with E-state index < -0.39 is 23.2 Å². The number of nitrogens with one attached hydrogen (secondary N) is 1. The van der Waals surface area contributed by atoms with Gasteiger partial charge in [0.25, 0.3) is 0 Å². The Bertz CT molecular complexity index is 1210. The largest absolute Gasteiger partial charge is 0.423 e. The first-order valence-electron chi connectivity index (χ1n) is 10.6. The fraction of sp³-hybridized carbons (Fsp3) is 0.391. The minimum Gasteiger partial charge on any atom is -0.423 e. The number of hydrogen-bond acceptors (Lipinski definition) is 5. The predicted octanol–water partition coefficient (Wildman–Crippen LogP) is 4.96.